The number of nitrogens with zero attached hydrogens (tertiary/aromatic N) is 2. The quantitative estimate of drug-likeness (QED) is 0.736. The van der Waals surface area contributed by atoms with Crippen molar-refractivity contribution in [2.45, 2.75) is 26.2 Å². The molecule has 0 radical (unpaired) electrons. The molecule has 2 heterocycles. The van der Waals surface area contributed by atoms with Crippen molar-refractivity contribution in [1.29, 1.82) is 0 Å². The molecule has 0 saturated carbocycles. The Morgan fingerprint density at radius 3 is 2.80 bits per heavy atom. The molecule has 1 aliphatic rings. The van der Waals surface area contributed by atoms with Crippen LogP contribution in [-0.2, 0) is 0 Å². The Kier molecular flexibility index (Phi) is 5.19. The number of nitrogens with one attached hydrogen (secondary N) is 1. The minimum Gasteiger partial charge on any atom is -0.382 e. The maximum atomic E-state index is 11.3. The molecular weight excluding hydrogens is 274 g/mol. The molecule has 112 valence electrons. The Morgan fingerprint density at radius 2 is 2.15 bits per heavy atom. The van der Waals surface area contributed by atoms with Gasteiger partial charge in [-0.1, -0.05) is 13.3 Å². The molecule has 0 aromatic carbocycles. The third-order valence-electron chi connectivity index (χ3n) is 3.59. The van der Waals surface area contributed by atoms with Gasteiger partial charge in [0, 0.05) is 13.1 Å². The predicted molar refractivity (Wildman–Crippen MR) is 83.0 cm³/mol. The normalized spacial score (nSPS) is 17.9. The summed E-state index contributed by atoms with van der Waals surface area (Å²) in [6.07, 6.45) is 3.96. The van der Waals surface area contributed by atoms with Crippen LogP contribution in [0.4, 0.5) is 10.8 Å². The number of anilines is 2. The van der Waals surface area contributed by atoms with Gasteiger partial charge in [0.05, 0.1) is 0 Å². The summed E-state index contributed by atoms with van der Waals surface area (Å²) in [5.41, 5.74) is 11.3. The number of hydrogen-bond donors (Lipinski definition) is 3. The van der Waals surface area contributed by atoms with E-state index in [4.69, 9.17) is 11.5 Å². The Bertz CT molecular complexity index is 456. The van der Waals surface area contributed by atoms with Crippen molar-refractivity contribution in [2.75, 3.05) is 37.2 Å². The number of carbonyl (C=O) groups is 1. The van der Waals surface area contributed by atoms with Crippen molar-refractivity contribution < 1.29 is 4.79 Å². The van der Waals surface area contributed by atoms with E-state index in [1.54, 1.807) is 0 Å². The minimum absolute atomic E-state index is 0.216. The summed E-state index contributed by atoms with van der Waals surface area (Å²) in [6, 6.07) is 0. The van der Waals surface area contributed by atoms with Crippen molar-refractivity contribution in [2.24, 2.45) is 11.7 Å². The minimum atomic E-state index is -0.526. The Morgan fingerprint density at radius 1 is 1.45 bits per heavy atom. The third kappa shape index (κ3) is 3.83. The number of hydrogen-bond acceptors (Lipinski definition) is 6. The van der Waals surface area contributed by atoms with Crippen LogP contribution in [0.5, 0.6) is 0 Å². The topological polar surface area (TPSA) is 97.3 Å². The van der Waals surface area contributed by atoms with Crippen LogP contribution in [0.3, 0.4) is 0 Å². The number of carbonyl (C=O) groups excluding carboxylic acids is 1. The van der Waals surface area contributed by atoms with Gasteiger partial charge in [0.25, 0.3) is 5.91 Å². The lowest BCUT2D eigenvalue weighted by Crippen LogP contribution is -2.35. The molecule has 6 nitrogen and oxygen atoms in total. The average molecular weight is 297 g/mol. The molecule has 0 bridgehead atoms. The molecule has 0 aliphatic carbocycles. The summed E-state index contributed by atoms with van der Waals surface area (Å²) in [5.74, 6) is 0.188. The molecule has 1 aromatic rings. The maximum absolute atomic E-state index is 11.3. The number of rotatable bonds is 6. The fourth-order valence-electron chi connectivity index (χ4n) is 2.58. The number of likely N-dealkylation sites (tertiary alicyclic amines) is 1. The van der Waals surface area contributed by atoms with Crippen molar-refractivity contribution in [3.05, 3.63) is 5.56 Å². The van der Waals surface area contributed by atoms with Crippen LogP contribution in [0.2, 0.25) is 0 Å². The summed E-state index contributed by atoms with van der Waals surface area (Å²) >= 11 is 1.19. The van der Waals surface area contributed by atoms with Crippen LogP contribution in [0, 0.1) is 5.92 Å². The highest BCUT2D eigenvalue weighted by Gasteiger charge is 2.18. The standard InChI is InChI=1S/C13H23N5OS/c1-9(8-18-5-3-2-4-6-18)7-16-13-10(12(15)19)11(14)17-20-13/h9,16H,2-8H2,1H3,(H2,14,17)(H2,15,19). The fourth-order valence-corrected chi connectivity index (χ4v) is 3.30. The van der Waals surface area contributed by atoms with Crippen LogP contribution in [0.25, 0.3) is 0 Å². The second kappa shape index (κ2) is 6.90. The molecule has 1 amide bonds. The van der Waals surface area contributed by atoms with Crippen molar-refractivity contribution in [3.63, 3.8) is 0 Å². The molecule has 1 aromatic heterocycles. The van der Waals surface area contributed by atoms with Gasteiger partial charge >= 0.3 is 0 Å². The van der Waals surface area contributed by atoms with E-state index < -0.39 is 5.91 Å². The molecule has 1 aliphatic heterocycles. The van der Waals surface area contributed by atoms with Gasteiger partial charge in [-0.2, -0.15) is 4.37 Å². The zero-order valence-electron chi connectivity index (χ0n) is 11.9. The summed E-state index contributed by atoms with van der Waals surface area (Å²) in [6.45, 7) is 6.47. The van der Waals surface area contributed by atoms with E-state index in [0.717, 1.165) is 13.1 Å². The van der Waals surface area contributed by atoms with Crippen LogP contribution in [0.1, 0.15) is 36.5 Å². The molecule has 5 N–H and O–H groups in total. The van der Waals surface area contributed by atoms with Crippen molar-refractivity contribution in [1.82, 2.24) is 9.27 Å². The SMILES string of the molecule is CC(CNc1snc(N)c1C(N)=O)CN1CCCCC1. The Hall–Kier alpha value is -1.34. The van der Waals surface area contributed by atoms with Gasteiger partial charge in [-0.05, 0) is 43.4 Å². The molecule has 0 spiro atoms. The highest BCUT2D eigenvalue weighted by molar-refractivity contribution is 7.11. The number of amides is 1. The lowest BCUT2D eigenvalue weighted by atomic mass is 10.1. The average Bonchev–Trinajstić information content (AvgIpc) is 2.79. The maximum Gasteiger partial charge on any atom is 0.255 e. The first-order chi connectivity index (χ1) is 9.58. The van der Waals surface area contributed by atoms with Gasteiger partial charge in [-0.15, -0.1) is 0 Å². The first-order valence-electron chi connectivity index (χ1n) is 7.09. The largest absolute Gasteiger partial charge is 0.382 e. The molecule has 2 rings (SSSR count). The molecule has 1 atom stereocenters. The number of nitrogen functional groups attached to an aromatic ring is 1. The van der Waals surface area contributed by atoms with E-state index in [1.165, 1.54) is 43.9 Å². The molecular formula is C13H23N5OS. The van der Waals surface area contributed by atoms with Gasteiger partial charge in [-0.25, -0.2) is 0 Å². The monoisotopic (exact) mass is 297 g/mol. The third-order valence-corrected chi connectivity index (χ3v) is 4.41. The van der Waals surface area contributed by atoms with E-state index in [9.17, 15) is 4.79 Å². The fraction of sp³-hybridized carbons (Fsp3) is 0.692. The Labute approximate surface area is 123 Å². The molecule has 1 unspecified atom stereocenters. The van der Waals surface area contributed by atoms with E-state index in [-0.39, 0.29) is 5.82 Å². The highest BCUT2D eigenvalue weighted by atomic mass is 32.1. The summed E-state index contributed by atoms with van der Waals surface area (Å²) in [4.78, 5) is 13.8. The second-order valence-corrected chi connectivity index (χ2v) is 6.26. The molecule has 7 heteroatoms. The van der Waals surface area contributed by atoms with E-state index in [0.29, 0.717) is 16.5 Å². The smallest absolute Gasteiger partial charge is 0.255 e. The lowest BCUT2D eigenvalue weighted by Gasteiger charge is -2.29. The Balaban J connectivity index is 1.83. The number of primary amides is 1. The van der Waals surface area contributed by atoms with Crippen LogP contribution >= 0.6 is 11.5 Å². The summed E-state index contributed by atoms with van der Waals surface area (Å²) < 4.78 is 3.98. The summed E-state index contributed by atoms with van der Waals surface area (Å²) in [5, 5.41) is 3.93. The van der Waals surface area contributed by atoms with Crippen molar-refractivity contribution in [3.8, 4) is 0 Å². The zero-order valence-corrected chi connectivity index (χ0v) is 12.7. The predicted octanol–water partition coefficient (Wildman–Crippen LogP) is 1.36. The molecule has 20 heavy (non-hydrogen) atoms. The zero-order chi connectivity index (χ0) is 14.5. The van der Waals surface area contributed by atoms with Gasteiger partial charge in [0.1, 0.15) is 10.6 Å². The summed E-state index contributed by atoms with van der Waals surface area (Å²) in [7, 11) is 0. The number of nitrogens with two attached hydrogens (primary N) is 2. The van der Waals surface area contributed by atoms with Crippen molar-refractivity contribution >= 4 is 28.3 Å². The van der Waals surface area contributed by atoms with E-state index in [1.807, 2.05) is 0 Å². The van der Waals surface area contributed by atoms with Gasteiger partial charge in [0.2, 0.25) is 0 Å². The van der Waals surface area contributed by atoms with Gasteiger partial charge in [0.15, 0.2) is 5.82 Å². The van der Waals surface area contributed by atoms with Crippen LogP contribution in [-0.4, -0.2) is 41.4 Å². The highest BCUT2D eigenvalue weighted by Crippen LogP contribution is 2.26. The van der Waals surface area contributed by atoms with E-state index >= 15 is 0 Å². The second-order valence-electron chi connectivity index (χ2n) is 5.48. The number of piperidine rings is 1. The van der Waals surface area contributed by atoms with Gasteiger partial charge < -0.3 is 21.7 Å². The molecule has 1 fully saturated rings. The first kappa shape index (κ1) is 15.1. The lowest BCUT2D eigenvalue weighted by molar-refractivity contribution is 0.100. The van der Waals surface area contributed by atoms with E-state index in [2.05, 4.69) is 21.5 Å². The number of aromatic nitrogens is 1. The molecule has 1 saturated heterocycles. The van der Waals surface area contributed by atoms with Crippen LogP contribution in [0.15, 0.2) is 0 Å². The van der Waals surface area contributed by atoms with Gasteiger partial charge in [-0.3, -0.25) is 4.79 Å². The van der Waals surface area contributed by atoms with Crippen LogP contribution < -0.4 is 16.8 Å². The first-order valence-corrected chi connectivity index (χ1v) is 7.86.